The SMILES string of the molecule is CN1CCN(Cc2ccc(-c3cc(CN4Cc5nc(-c6cccc(F)c6F)[nH]c5C=N4)on3)cc2)CC1. The average molecular weight is 504 g/mol. The number of nitrogens with one attached hydrogen (secondary N) is 1. The zero-order valence-electron chi connectivity index (χ0n) is 20.5. The number of aromatic nitrogens is 3. The van der Waals surface area contributed by atoms with Crippen molar-refractivity contribution in [3.63, 3.8) is 0 Å². The Kier molecular flexibility index (Phi) is 6.27. The smallest absolute Gasteiger partial charge is 0.169 e. The second-order valence-electron chi connectivity index (χ2n) is 9.57. The Labute approximate surface area is 213 Å². The van der Waals surface area contributed by atoms with Gasteiger partial charge >= 0.3 is 0 Å². The summed E-state index contributed by atoms with van der Waals surface area (Å²) >= 11 is 0. The van der Waals surface area contributed by atoms with E-state index in [-0.39, 0.29) is 11.4 Å². The maximum Gasteiger partial charge on any atom is 0.169 e. The van der Waals surface area contributed by atoms with Crippen LogP contribution in [0.15, 0.2) is 58.2 Å². The molecule has 0 radical (unpaired) electrons. The quantitative estimate of drug-likeness (QED) is 0.427. The van der Waals surface area contributed by atoms with Gasteiger partial charge in [-0.3, -0.25) is 9.91 Å². The van der Waals surface area contributed by atoms with Gasteiger partial charge in [0.1, 0.15) is 11.5 Å². The number of hydrogen-bond acceptors (Lipinski definition) is 7. The number of aromatic amines is 1. The number of halogens is 2. The highest BCUT2D eigenvalue weighted by Gasteiger charge is 2.21. The summed E-state index contributed by atoms with van der Waals surface area (Å²) in [6.07, 6.45) is 1.63. The first kappa shape index (κ1) is 23.5. The lowest BCUT2D eigenvalue weighted by atomic mass is 10.1. The van der Waals surface area contributed by atoms with Crippen molar-refractivity contribution in [2.24, 2.45) is 5.10 Å². The number of benzene rings is 2. The van der Waals surface area contributed by atoms with Crippen molar-refractivity contribution in [2.45, 2.75) is 19.6 Å². The zero-order chi connectivity index (χ0) is 25.4. The van der Waals surface area contributed by atoms with Gasteiger partial charge in [-0.1, -0.05) is 35.5 Å². The Morgan fingerprint density at radius 1 is 1.00 bits per heavy atom. The molecule has 1 N–H and O–H groups in total. The highest BCUT2D eigenvalue weighted by molar-refractivity contribution is 5.80. The van der Waals surface area contributed by atoms with E-state index >= 15 is 0 Å². The van der Waals surface area contributed by atoms with Crippen molar-refractivity contribution >= 4 is 6.21 Å². The second-order valence-corrected chi connectivity index (χ2v) is 9.57. The van der Waals surface area contributed by atoms with Crippen molar-refractivity contribution in [1.29, 1.82) is 0 Å². The highest BCUT2D eigenvalue weighted by Crippen LogP contribution is 2.26. The van der Waals surface area contributed by atoms with E-state index < -0.39 is 11.6 Å². The van der Waals surface area contributed by atoms with E-state index in [0.717, 1.165) is 50.0 Å². The van der Waals surface area contributed by atoms with Crippen molar-refractivity contribution in [2.75, 3.05) is 33.2 Å². The van der Waals surface area contributed by atoms with E-state index in [1.807, 2.05) is 6.07 Å². The average Bonchev–Trinajstić information content (AvgIpc) is 3.54. The number of H-pyrrole nitrogens is 1. The minimum atomic E-state index is -0.927. The number of piperazine rings is 1. The molecule has 2 aromatic carbocycles. The van der Waals surface area contributed by atoms with E-state index in [4.69, 9.17) is 4.52 Å². The van der Waals surface area contributed by atoms with Gasteiger partial charge in [-0.2, -0.15) is 5.10 Å². The molecular formula is C27H27F2N7O. The molecule has 0 saturated carbocycles. The van der Waals surface area contributed by atoms with E-state index in [9.17, 15) is 8.78 Å². The molecule has 1 fully saturated rings. The van der Waals surface area contributed by atoms with Gasteiger partial charge in [-0.05, 0) is 24.7 Å². The lowest BCUT2D eigenvalue weighted by molar-refractivity contribution is 0.148. The molecule has 4 aromatic rings. The molecule has 8 nitrogen and oxygen atoms in total. The molecule has 0 bridgehead atoms. The van der Waals surface area contributed by atoms with E-state index in [1.165, 1.54) is 17.7 Å². The number of likely N-dealkylation sites (N-methyl/N-ethyl adjacent to an activating group) is 1. The Morgan fingerprint density at radius 2 is 1.81 bits per heavy atom. The summed E-state index contributed by atoms with van der Waals surface area (Å²) in [6.45, 7) is 6.15. The molecule has 0 spiro atoms. The second kappa shape index (κ2) is 9.87. The van der Waals surface area contributed by atoms with Crippen molar-refractivity contribution < 1.29 is 13.3 Å². The van der Waals surface area contributed by atoms with Gasteiger partial charge in [0.05, 0.1) is 36.3 Å². The van der Waals surface area contributed by atoms with Crippen LogP contribution in [0.5, 0.6) is 0 Å². The third-order valence-electron chi connectivity index (χ3n) is 6.85. The standard InChI is InChI=1S/C27H27F2N7O/c1-34-9-11-35(12-10-34)15-18-5-7-19(8-6-18)23-13-20(37-33-23)16-36-17-25-24(14-30-36)31-27(32-25)21-3-2-4-22(28)26(21)29/h2-8,13-14H,9-12,15-17H2,1H3,(H,31,32). The molecule has 4 heterocycles. The molecule has 190 valence electrons. The van der Waals surface area contributed by atoms with Crippen molar-refractivity contribution in [3.05, 3.63) is 82.9 Å². The molecular weight excluding hydrogens is 476 g/mol. The normalized spacial score (nSPS) is 16.4. The predicted octanol–water partition coefficient (Wildman–Crippen LogP) is 4.11. The van der Waals surface area contributed by atoms with Crippen LogP contribution in [0.3, 0.4) is 0 Å². The van der Waals surface area contributed by atoms with Crippen LogP contribution in [-0.4, -0.2) is 69.4 Å². The first-order valence-corrected chi connectivity index (χ1v) is 12.3. The van der Waals surface area contributed by atoms with Crippen LogP contribution in [0.1, 0.15) is 22.7 Å². The molecule has 0 aliphatic carbocycles. The van der Waals surface area contributed by atoms with Gasteiger partial charge in [0.15, 0.2) is 17.4 Å². The van der Waals surface area contributed by atoms with Crippen molar-refractivity contribution in [1.82, 2.24) is 29.9 Å². The first-order chi connectivity index (χ1) is 18.0. The van der Waals surface area contributed by atoms with Crippen LogP contribution in [0, 0.1) is 11.6 Å². The molecule has 0 atom stereocenters. The van der Waals surface area contributed by atoms with E-state index in [1.54, 1.807) is 11.2 Å². The number of imidazole rings is 1. The fourth-order valence-corrected chi connectivity index (χ4v) is 4.66. The monoisotopic (exact) mass is 503 g/mol. The Morgan fingerprint density at radius 3 is 2.62 bits per heavy atom. The van der Waals surface area contributed by atoms with Gasteiger partial charge in [0, 0.05) is 44.4 Å². The van der Waals surface area contributed by atoms with Crippen LogP contribution >= 0.6 is 0 Å². The Hall–Kier alpha value is -3.89. The van der Waals surface area contributed by atoms with Gasteiger partial charge in [-0.25, -0.2) is 13.8 Å². The first-order valence-electron chi connectivity index (χ1n) is 12.3. The lowest BCUT2D eigenvalue weighted by Crippen LogP contribution is -2.43. The van der Waals surface area contributed by atoms with Gasteiger partial charge in [0.25, 0.3) is 0 Å². The van der Waals surface area contributed by atoms with Crippen LogP contribution in [0.2, 0.25) is 0 Å². The maximum absolute atomic E-state index is 14.2. The van der Waals surface area contributed by atoms with Crippen molar-refractivity contribution in [3.8, 4) is 22.6 Å². The summed E-state index contributed by atoms with van der Waals surface area (Å²) in [5.41, 5.74) is 4.51. The maximum atomic E-state index is 14.2. The largest absolute Gasteiger partial charge is 0.359 e. The summed E-state index contributed by atoms with van der Waals surface area (Å²) in [6, 6.07) is 14.4. The minimum absolute atomic E-state index is 0.0868. The summed E-state index contributed by atoms with van der Waals surface area (Å²) in [5.74, 6) is -0.894. The topological polar surface area (TPSA) is 76.8 Å². The summed E-state index contributed by atoms with van der Waals surface area (Å²) in [4.78, 5) is 12.3. The Bertz CT molecular complexity index is 1420. The van der Waals surface area contributed by atoms with Gasteiger partial charge in [0.2, 0.25) is 0 Å². The van der Waals surface area contributed by atoms with Crippen LogP contribution in [0.4, 0.5) is 8.78 Å². The van der Waals surface area contributed by atoms with Gasteiger partial charge < -0.3 is 14.4 Å². The van der Waals surface area contributed by atoms with Crippen LogP contribution in [-0.2, 0) is 19.6 Å². The predicted molar refractivity (Wildman–Crippen MR) is 135 cm³/mol. The summed E-state index contributed by atoms with van der Waals surface area (Å²) in [5, 5.41) is 10.5. The molecule has 10 heteroatoms. The number of rotatable bonds is 6. The van der Waals surface area contributed by atoms with E-state index in [2.05, 4.69) is 61.3 Å². The molecule has 0 amide bonds. The zero-order valence-corrected chi connectivity index (χ0v) is 20.5. The number of fused-ring (bicyclic) bond motifs is 1. The summed E-state index contributed by atoms with van der Waals surface area (Å²) in [7, 11) is 2.16. The fourth-order valence-electron chi connectivity index (χ4n) is 4.66. The molecule has 2 aliphatic rings. The highest BCUT2D eigenvalue weighted by atomic mass is 19.2. The number of hydrogen-bond donors (Lipinski definition) is 1. The molecule has 2 aromatic heterocycles. The molecule has 37 heavy (non-hydrogen) atoms. The minimum Gasteiger partial charge on any atom is -0.359 e. The van der Waals surface area contributed by atoms with Crippen LogP contribution in [0.25, 0.3) is 22.6 Å². The Balaban J connectivity index is 1.09. The number of hydrazone groups is 1. The number of nitrogens with zero attached hydrogens (tertiary/aromatic N) is 6. The third kappa shape index (κ3) is 5.03. The van der Waals surface area contributed by atoms with Gasteiger partial charge in [-0.15, -0.1) is 0 Å². The fraction of sp³-hybridized carbons (Fsp3) is 0.296. The van der Waals surface area contributed by atoms with Crippen LogP contribution < -0.4 is 0 Å². The molecule has 0 unspecified atom stereocenters. The molecule has 1 saturated heterocycles. The molecule has 6 rings (SSSR count). The third-order valence-corrected chi connectivity index (χ3v) is 6.85. The summed E-state index contributed by atoms with van der Waals surface area (Å²) < 4.78 is 33.4. The molecule has 2 aliphatic heterocycles. The van der Waals surface area contributed by atoms with E-state index in [0.29, 0.717) is 30.2 Å². The lowest BCUT2D eigenvalue weighted by Gasteiger charge is -2.32.